The number of halogens is 3. The molecule has 0 bridgehead atoms. The minimum atomic E-state index is -2.92. The maximum Gasteiger partial charge on any atom is 0.387 e. The van der Waals surface area contributed by atoms with Crippen molar-refractivity contribution < 1.29 is 18.3 Å². The highest BCUT2D eigenvalue weighted by atomic mass is 35.5. The van der Waals surface area contributed by atoms with Crippen molar-refractivity contribution in [1.29, 1.82) is 0 Å². The summed E-state index contributed by atoms with van der Waals surface area (Å²) in [6.07, 6.45) is 0. The summed E-state index contributed by atoms with van der Waals surface area (Å²) < 4.78 is 29.1. The van der Waals surface area contributed by atoms with E-state index >= 15 is 0 Å². The van der Waals surface area contributed by atoms with Gasteiger partial charge < -0.3 is 15.4 Å². The molecule has 0 aromatic heterocycles. The van der Waals surface area contributed by atoms with Gasteiger partial charge >= 0.3 is 12.6 Å². The number of benzene rings is 2. The fourth-order valence-electron chi connectivity index (χ4n) is 2.16. The number of urea groups is 1. The quantitative estimate of drug-likeness (QED) is 0.781. The van der Waals surface area contributed by atoms with E-state index in [4.69, 9.17) is 11.6 Å². The van der Waals surface area contributed by atoms with E-state index in [-0.39, 0.29) is 11.8 Å². The number of anilines is 1. The summed E-state index contributed by atoms with van der Waals surface area (Å²) in [7, 11) is 0. The molecule has 24 heavy (non-hydrogen) atoms. The fraction of sp³-hybridized carbons (Fsp3) is 0.235. The number of ether oxygens (including phenoxy) is 1. The molecule has 2 aromatic carbocycles. The lowest BCUT2D eigenvalue weighted by atomic mass is 10.1. The molecule has 0 saturated carbocycles. The predicted octanol–water partition coefficient (Wildman–Crippen LogP) is 5.13. The number of hydrogen-bond donors (Lipinski definition) is 2. The van der Waals surface area contributed by atoms with E-state index in [1.165, 1.54) is 12.1 Å². The Morgan fingerprint density at radius 2 is 1.83 bits per heavy atom. The van der Waals surface area contributed by atoms with E-state index < -0.39 is 12.6 Å². The van der Waals surface area contributed by atoms with Gasteiger partial charge in [-0.05, 0) is 43.7 Å². The summed E-state index contributed by atoms with van der Waals surface area (Å²) >= 11 is 5.83. The van der Waals surface area contributed by atoms with Crippen LogP contribution in [0.4, 0.5) is 19.3 Å². The summed E-state index contributed by atoms with van der Waals surface area (Å²) in [5.74, 6) is 0.0218. The molecule has 128 valence electrons. The summed E-state index contributed by atoms with van der Waals surface area (Å²) in [4.78, 5) is 12.1. The molecule has 2 N–H and O–H groups in total. The van der Waals surface area contributed by atoms with Gasteiger partial charge in [0.2, 0.25) is 0 Å². The predicted molar refractivity (Wildman–Crippen MR) is 89.8 cm³/mol. The van der Waals surface area contributed by atoms with E-state index in [1.807, 2.05) is 19.1 Å². The van der Waals surface area contributed by atoms with Crippen LogP contribution in [0.25, 0.3) is 0 Å². The first-order valence-corrected chi connectivity index (χ1v) is 7.62. The Balaban J connectivity index is 2.03. The van der Waals surface area contributed by atoms with Gasteiger partial charge in [-0.1, -0.05) is 29.8 Å². The van der Waals surface area contributed by atoms with Crippen molar-refractivity contribution in [2.75, 3.05) is 5.32 Å². The molecule has 0 heterocycles. The van der Waals surface area contributed by atoms with Gasteiger partial charge in [0.1, 0.15) is 5.75 Å². The second-order valence-corrected chi connectivity index (χ2v) is 5.62. The SMILES string of the molecule is Cc1c(NC(=O)NC(C)c2ccc(Cl)cc2)cccc1OC(F)F. The van der Waals surface area contributed by atoms with E-state index in [0.717, 1.165) is 5.56 Å². The van der Waals surface area contributed by atoms with Crippen LogP contribution in [0.5, 0.6) is 5.75 Å². The normalized spacial score (nSPS) is 11.9. The first-order valence-electron chi connectivity index (χ1n) is 7.24. The first kappa shape index (κ1) is 18.0. The Morgan fingerprint density at radius 1 is 1.17 bits per heavy atom. The largest absolute Gasteiger partial charge is 0.434 e. The van der Waals surface area contributed by atoms with Crippen molar-refractivity contribution in [3.05, 3.63) is 58.6 Å². The van der Waals surface area contributed by atoms with Crippen molar-refractivity contribution in [2.24, 2.45) is 0 Å². The summed E-state index contributed by atoms with van der Waals surface area (Å²) in [5.41, 5.74) is 1.71. The Morgan fingerprint density at radius 3 is 2.46 bits per heavy atom. The summed E-state index contributed by atoms with van der Waals surface area (Å²) in [6.45, 7) is 0.500. The molecule has 2 aromatic rings. The highest BCUT2D eigenvalue weighted by molar-refractivity contribution is 6.30. The van der Waals surface area contributed by atoms with Gasteiger partial charge in [-0.2, -0.15) is 8.78 Å². The number of hydrogen-bond acceptors (Lipinski definition) is 2. The van der Waals surface area contributed by atoms with Crippen LogP contribution >= 0.6 is 11.6 Å². The molecular formula is C17H17ClF2N2O2. The zero-order chi connectivity index (χ0) is 17.7. The molecule has 4 nitrogen and oxygen atoms in total. The minimum absolute atomic E-state index is 0.0218. The molecule has 2 rings (SSSR count). The third kappa shape index (κ3) is 4.83. The average molecular weight is 355 g/mol. The minimum Gasteiger partial charge on any atom is -0.434 e. The van der Waals surface area contributed by atoms with Crippen molar-refractivity contribution in [1.82, 2.24) is 5.32 Å². The first-order chi connectivity index (χ1) is 11.4. The maximum atomic E-state index is 12.4. The molecule has 0 saturated heterocycles. The molecule has 7 heteroatoms. The number of amides is 2. The molecule has 0 aliphatic heterocycles. The smallest absolute Gasteiger partial charge is 0.387 e. The Bertz CT molecular complexity index is 708. The van der Waals surface area contributed by atoms with Crippen LogP contribution < -0.4 is 15.4 Å². The van der Waals surface area contributed by atoms with Gasteiger partial charge in [0, 0.05) is 16.3 Å². The van der Waals surface area contributed by atoms with Gasteiger partial charge in [-0.3, -0.25) is 0 Å². The molecule has 0 spiro atoms. The van der Waals surface area contributed by atoms with Gasteiger partial charge in [0.25, 0.3) is 0 Å². The lowest BCUT2D eigenvalue weighted by Crippen LogP contribution is -2.31. The van der Waals surface area contributed by atoms with E-state index in [9.17, 15) is 13.6 Å². The molecular weight excluding hydrogens is 338 g/mol. The third-order valence-corrected chi connectivity index (χ3v) is 3.72. The molecule has 0 fully saturated rings. The molecule has 0 radical (unpaired) electrons. The second kappa shape index (κ2) is 7.97. The number of alkyl halides is 2. The Labute approximate surface area is 143 Å². The van der Waals surface area contributed by atoms with Gasteiger partial charge in [0.15, 0.2) is 0 Å². The number of nitrogens with one attached hydrogen (secondary N) is 2. The molecule has 0 aliphatic rings. The third-order valence-electron chi connectivity index (χ3n) is 3.47. The fourth-order valence-corrected chi connectivity index (χ4v) is 2.29. The standard InChI is InChI=1S/C17H17ClF2N2O2/c1-10-14(4-3-5-15(10)24-16(19)20)22-17(23)21-11(2)12-6-8-13(18)9-7-12/h3-9,11,16H,1-2H3,(H2,21,22,23). The lowest BCUT2D eigenvalue weighted by molar-refractivity contribution is -0.0502. The summed E-state index contributed by atoms with van der Waals surface area (Å²) in [5, 5.41) is 6.02. The summed E-state index contributed by atoms with van der Waals surface area (Å²) in [6, 6.07) is 11.0. The van der Waals surface area contributed by atoms with Crippen LogP contribution in [-0.2, 0) is 0 Å². The number of rotatable bonds is 5. The van der Waals surface area contributed by atoms with Crippen molar-refractivity contribution >= 4 is 23.3 Å². The van der Waals surface area contributed by atoms with Crippen LogP contribution in [-0.4, -0.2) is 12.6 Å². The monoisotopic (exact) mass is 354 g/mol. The van der Waals surface area contributed by atoms with Crippen molar-refractivity contribution in [3.63, 3.8) is 0 Å². The zero-order valence-electron chi connectivity index (χ0n) is 13.1. The Kier molecular flexibility index (Phi) is 5.98. The van der Waals surface area contributed by atoms with Gasteiger partial charge in [-0.25, -0.2) is 4.79 Å². The molecule has 1 atom stereocenters. The second-order valence-electron chi connectivity index (χ2n) is 5.18. The lowest BCUT2D eigenvalue weighted by Gasteiger charge is -2.17. The van der Waals surface area contributed by atoms with Crippen molar-refractivity contribution in [3.8, 4) is 5.75 Å². The van der Waals surface area contributed by atoms with Crippen LogP contribution in [0.15, 0.2) is 42.5 Å². The Hall–Kier alpha value is -2.34. The highest BCUT2D eigenvalue weighted by Gasteiger charge is 2.13. The topological polar surface area (TPSA) is 50.4 Å². The number of carbonyl (C=O) groups is 1. The van der Waals surface area contributed by atoms with Gasteiger partial charge in [0.05, 0.1) is 6.04 Å². The zero-order valence-corrected chi connectivity index (χ0v) is 13.9. The molecule has 2 amide bonds. The molecule has 1 unspecified atom stereocenters. The van der Waals surface area contributed by atoms with E-state index in [1.54, 1.807) is 25.1 Å². The van der Waals surface area contributed by atoms with Gasteiger partial charge in [-0.15, -0.1) is 0 Å². The van der Waals surface area contributed by atoms with Crippen LogP contribution in [0.3, 0.4) is 0 Å². The van der Waals surface area contributed by atoms with E-state index in [2.05, 4.69) is 15.4 Å². The van der Waals surface area contributed by atoms with E-state index in [0.29, 0.717) is 16.3 Å². The maximum absolute atomic E-state index is 12.4. The van der Waals surface area contributed by atoms with Crippen molar-refractivity contribution in [2.45, 2.75) is 26.5 Å². The van der Waals surface area contributed by atoms with Crippen LogP contribution in [0, 0.1) is 6.92 Å². The van der Waals surface area contributed by atoms with Crippen LogP contribution in [0.1, 0.15) is 24.1 Å². The number of carbonyl (C=O) groups excluding carboxylic acids is 1. The van der Waals surface area contributed by atoms with Crippen LogP contribution in [0.2, 0.25) is 5.02 Å². The average Bonchev–Trinajstić information content (AvgIpc) is 2.51. The molecule has 0 aliphatic carbocycles. The highest BCUT2D eigenvalue weighted by Crippen LogP contribution is 2.27.